The predicted molar refractivity (Wildman–Crippen MR) is 106 cm³/mol. The number of rotatable bonds is 5. The zero-order valence-corrected chi connectivity index (χ0v) is 17.2. The number of fused-ring (bicyclic) bond motifs is 1. The van der Waals surface area contributed by atoms with Gasteiger partial charge < -0.3 is 19.5 Å². The van der Waals surface area contributed by atoms with E-state index in [0.717, 1.165) is 23.3 Å². The summed E-state index contributed by atoms with van der Waals surface area (Å²) in [5.74, 6) is 0.665. The van der Waals surface area contributed by atoms with Crippen LogP contribution in [0.4, 0.5) is 4.79 Å². The Hall–Kier alpha value is -2.64. The molecular formula is C20H29N5O3. The molecule has 2 amide bonds. The summed E-state index contributed by atoms with van der Waals surface area (Å²) >= 11 is 0. The maximum Gasteiger partial charge on any atom is 0.328 e. The van der Waals surface area contributed by atoms with Crippen molar-refractivity contribution in [1.82, 2.24) is 24.8 Å². The highest BCUT2D eigenvalue weighted by Gasteiger charge is 2.34. The van der Waals surface area contributed by atoms with Crippen LogP contribution >= 0.6 is 0 Å². The van der Waals surface area contributed by atoms with Gasteiger partial charge in [-0.2, -0.15) is 0 Å². The van der Waals surface area contributed by atoms with Crippen molar-refractivity contribution < 1.29 is 14.3 Å². The van der Waals surface area contributed by atoms with Crippen molar-refractivity contribution in [3.8, 4) is 0 Å². The molecule has 0 aromatic carbocycles. The molecule has 1 aliphatic rings. The highest BCUT2D eigenvalue weighted by atomic mass is 16.5. The van der Waals surface area contributed by atoms with Gasteiger partial charge in [-0.15, -0.1) is 0 Å². The lowest BCUT2D eigenvalue weighted by Gasteiger charge is -2.24. The number of carbonyl (C=O) groups is 2. The van der Waals surface area contributed by atoms with E-state index in [2.05, 4.69) is 28.7 Å². The van der Waals surface area contributed by atoms with E-state index in [-0.39, 0.29) is 23.9 Å². The van der Waals surface area contributed by atoms with Gasteiger partial charge in [0.2, 0.25) is 0 Å². The Morgan fingerprint density at radius 1 is 1.29 bits per heavy atom. The summed E-state index contributed by atoms with van der Waals surface area (Å²) < 4.78 is 7.02. The zero-order chi connectivity index (χ0) is 20.4. The maximum absolute atomic E-state index is 12.7. The molecule has 152 valence electrons. The molecule has 2 aromatic heterocycles. The van der Waals surface area contributed by atoms with Crippen LogP contribution in [-0.2, 0) is 9.53 Å². The Morgan fingerprint density at radius 3 is 2.68 bits per heavy atom. The second kappa shape index (κ2) is 8.16. The molecule has 8 heteroatoms. The number of nitrogens with one attached hydrogen (secondary N) is 1. The van der Waals surface area contributed by atoms with E-state index in [9.17, 15) is 9.59 Å². The Kier molecular flexibility index (Phi) is 5.86. The first-order valence-electron chi connectivity index (χ1n) is 9.78. The van der Waals surface area contributed by atoms with Gasteiger partial charge >= 0.3 is 12.0 Å². The number of carbonyl (C=O) groups excluding carboxylic acids is 2. The van der Waals surface area contributed by atoms with Gasteiger partial charge in [-0.05, 0) is 32.3 Å². The number of methoxy groups -OCH3 is 1. The molecule has 28 heavy (non-hydrogen) atoms. The predicted octanol–water partition coefficient (Wildman–Crippen LogP) is 2.71. The van der Waals surface area contributed by atoms with Crippen LogP contribution in [0, 0.1) is 5.92 Å². The van der Waals surface area contributed by atoms with E-state index in [1.807, 2.05) is 26.1 Å². The third-order valence-corrected chi connectivity index (χ3v) is 5.28. The molecule has 1 saturated heterocycles. The van der Waals surface area contributed by atoms with Gasteiger partial charge in [0, 0.05) is 31.2 Å². The molecule has 0 unspecified atom stereocenters. The average Bonchev–Trinajstić information content (AvgIpc) is 3.29. The summed E-state index contributed by atoms with van der Waals surface area (Å²) in [5, 5.41) is 2.82. The smallest absolute Gasteiger partial charge is 0.328 e. The monoisotopic (exact) mass is 387 g/mol. The molecule has 3 heterocycles. The van der Waals surface area contributed by atoms with Crippen LogP contribution in [0.25, 0.3) is 11.0 Å². The van der Waals surface area contributed by atoms with Crippen LogP contribution in [0.5, 0.6) is 0 Å². The summed E-state index contributed by atoms with van der Waals surface area (Å²) in [7, 11) is 1.33. The molecule has 1 aliphatic heterocycles. The van der Waals surface area contributed by atoms with E-state index in [1.165, 1.54) is 7.11 Å². The molecule has 0 spiro atoms. The Labute approximate surface area is 165 Å². The molecule has 3 rings (SSSR count). The third-order valence-electron chi connectivity index (χ3n) is 5.28. The fourth-order valence-corrected chi connectivity index (χ4v) is 3.79. The minimum absolute atomic E-state index is 0.0487. The number of pyridine rings is 1. The Balaban J connectivity index is 1.77. The number of urea groups is 1. The standard InChI is InChI=1S/C20H29N5O3/c1-12(2)17(19(26)28-5)23-20(27)24-9-7-14(11-24)18-22-15-6-8-21-10-16(15)25(18)13(3)4/h6,8,10,12-14,17H,7,9,11H2,1-5H3,(H,23,27)/t14-,17-/m0/s1. The molecule has 0 radical (unpaired) electrons. The fraction of sp³-hybridized carbons (Fsp3) is 0.600. The topological polar surface area (TPSA) is 89.3 Å². The molecule has 2 aromatic rings. The van der Waals surface area contributed by atoms with Crippen LogP contribution in [-0.4, -0.2) is 57.7 Å². The maximum atomic E-state index is 12.7. The van der Waals surface area contributed by atoms with Gasteiger partial charge in [0.15, 0.2) is 0 Å². The summed E-state index contributed by atoms with van der Waals surface area (Å²) in [6.45, 7) is 9.21. The largest absolute Gasteiger partial charge is 0.467 e. The number of esters is 1. The number of amides is 2. The number of nitrogens with zero attached hydrogens (tertiary/aromatic N) is 4. The van der Waals surface area contributed by atoms with Gasteiger partial charge in [0.25, 0.3) is 0 Å². The highest BCUT2D eigenvalue weighted by Crippen LogP contribution is 2.31. The number of hydrogen-bond acceptors (Lipinski definition) is 5. The van der Waals surface area contributed by atoms with E-state index in [0.29, 0.717) is 13.1 Å². The minimum atomic E-state index is -0.650. The first-order chi connectivity index (χ1) is 13.3. The van der Waals surface area contributed by atoms with Gasteiger partial charge in [0.05, 0.1) is 24.3 Å². The number of aromatic nitrogens is 3. The van der Waals surface area contributed by atoms with Gasteiger partial charge in [-0.25, -0.2) is 14.6 Å². The van der Waals surface area contributed by atoms with Gasteiger partial charge in [0.1, 0.15) is 11.9 Å². The van der Waals surface area contributed by atoms with Crippen molar-refractivity contribution in [2.45, 2.75) is 52.1 Å². The highest BCUT2D eigenvalue weighted by molar-refractivity contribution is 5.84. The van der Waals surface area contributed by atoms with Crippen LogP contribution in [0.3, 0.4) is 0 Å². The molecule has 0 aliphatic carbocycles. The first kappa shape index (κ1) is 20.1. The van der Waals surface area contributed by atoms with Crippen LogP contribution in [0.15, 0.2) is 18.5 Å². The average molecular weight is 387 g/mol. The van der Waals surface area contributed by atoms with Crippen molar-refractivity contribution in [3.63, 3.8) is 0 Å². The lowest BCUT2D eigenvalue weighted by molar-refractivity contribution is -0.144. The molecule has 0 bridgehead atoms. The summed E-state index contributed by atoms with van der Waals surface area (Å²) in [6.07, 6.45) is 4.42. The molecular weight excluding hydrogens is 358 g/mol. The van der Waals surface area contributed by atoms with Crippen molar-refractivity contribution in [1.29, 1.82) is 0 Å². The second-order valence-corrected chi connectivity index (χ2v) is 7.92. The van der Waals surface area contributed by atoms with Crippen LogP contribution < -0.4 is 5.32 Å². The SMILES string of the molecule is COC(=O)[C@@H](NC(=O)N1CC[C@H](c2nc3ccncc3n2C(C)C)C1)C(C)C. The summed E-state index contributed by atoms with van der Waals surface area (Å²) in [5.41, 5.74) is 1.94. The quantitative estimate of drug-likeness (QED) is 0.797. The van der Waals surface area contributed by atoms with E-state index >= 15 is 0 Å². The molecule has 1 N–H and O–H groups in total. The van der Waals surface area contributed by atoms with Crippen LogP contribution in [0.1, 0.15) is 51.9 Å². The van der Waals surface area contributed by atoms with Gasteiger partial charge in [-0.1, -0.05) is 13.8 Å². The first-order valence-corrected chi connectivity index (χ1v) is 9.78. The molecule has 8 nitrogen and oxygen atoms in total. The Morgan fingerprint density at radius 2 is 2.04 bits per heavy atom. The molecule has 1 fully saturated rings. The lowest BCUT2D eigenvalue weighted by Crippen LogP contribution is -2.50. The van der Waals surface area contributed by atoms with Crippen molar-refractivity contribution in [3.05, 3.63) is 24.3 Å². The normalized spacial score (nSPS) is 18.1. The zero-order valence-electron chi connectivity index (χ0n) is 17.2. The number of ether oxygens (including phenoxy) is 1. The van der Waals surface area contributed by atoms with E-state index in [4.69, 9.17) is 9.72 Å². The number of hydrogen-bond donors (Lipinski definition) is 1. The summed E-state index contributed by atoms with van der Waals surface area (Å²) in [4.78, 5) is 35.5. The Bertz CT molecular complexity index is 861. The lowest BCUT2D eigenvalue weighted by atomic mass is 10.1. The molecule has 2 atom stereocenters. The van der Waals surface area contributed by atoms with Crippen molar-refractivity contribution in [2.75, 3.05) is 20.2 Å². The molecule has 0 saturated carbocycles. The van der Waals surface area contributed by atoms with E-state index in [1.54, 1.807) is 11.1 Å². The van der Waals surface area contributed by atoms with Gasteiger partial charge in [-0.3, -0.25) is 4.98 Å². The summed E-state index contributed by atoms with van der Waals surface area (Å²) in [6, 6.07) is 1.28. The van der Waals surface area contributed by atoms with Crippen molar-refractivity contribution in [2.24, 2.45) is 5.92 Å². The fourth-order valence-electron chi connectivity index (χ4n) is 3.79. The minimum Gasteiger partial charge on any atom is -0.467 e. The second-order valence-electron chi connectivity index (χ2n) is 7.92. The van der Waals surface area contributed by atoms with Crippen molar-refractivity contribution >= 4 is 23.0 Å². The number of likely N-dealkylation sites (tertiary alicyclic amines) is 1. The van der Waals surface area contributed by atoms with Crippen LogP contribution in [0.2, 0.25) is 0 Å². The van der Waals surface area contributed by atoms with E-state index < -0.39 is 12.0 Å². The third kappa shape index (κ3) is 3.81. The number of imidazole rings is 1.